The highest BCUT2D eigenvalue weighted by atomic mass is 32.2. The summed E-state index contributed by atoms with van der Waals surface area (Å²) in [7, 11) is -3.61. The highest BCUT2D eigenvalue weighted by Gasteiger charge is 2.23. The van der Waals surface area contributed by atoms with Crippen LogP contribution in [0.2, 0.25) is 0 Å². The van der Waals surface area contributed by atoms with Crippen molar-refractivity contribution < 1.29 is 13.2 Å². The van der Waals surface area contributed by atoms with E-state index in [1.54, 1.807) is 26.0 Å². The average molecular weight is 444 g/mol. The van der Waals surface area contributed by atoms with Gasteiger partial charge >= 0.3 is 0 Å². The van der Waals surface area contributed by atoms with Crippen molar-refractivity contribution in [3.05, 3.63) is 64.7 Å². The molecule has 0 aromatic heterocycles. The zero-order valence-electron chi connectivity index (χ0n) is 18.7. The minimum atomic E-state index is -3.61. The molecule has 0 saturated carbocycles. The monoisotopic (exact) mass is 443 g/mol. The van der Waals surface area contributed by atoms with Crippen molar-refractivity contribution in [1.82, 2.24) is 14.5 Å². The molecule has 1 amide bonds. The number of rotatable bonds is 9. The summed E-state index contributed by atoms with van der Waals surface area (Å²) >= 11 is 0. The number of sulfonamides is 1. The Hall–Kier alpha value is -2.22. The van der Waals surface area contributed by atoms with E-state index in [1.165, 1.54) is 41.9 Å². The van der Waals surface area contributed by atoms with Crippen molar-refractivity contribution in [1.29, 1.82) is 0 Å². The molecular formula is C24H33N3O3S. The summed E-state index contributed by atoms with van der Waals surface area (Å²) < 4.78 is 27.0. The van der Waals surface area contributed by atoms with E-state index >= 15 is 0 Å². The van der Waals surface area contributed by atoms with Crippen LogP contribution >= 0.6 is 0 Å². The van der Waals surface area contributed by atoms with Crippen molar-refractivity contribution in [2.45, 2.75) is 51.6 Å². The van der Waals surface area contributed by atoms with Crippen LogP contribution in [0.4, 0.5) is 0 Å². The third kappa shape index (κ3) is 5.73. The molecule has 1 heterocycles. The first-order chi connectivity index (χ1) is 14.8. The summed E-state index contributed by atoms with van der Waals surface area (Å²) in [6.45, 7) is 9.91. The van der Waals surface area contributed by atoms with E-state index in [4.69, 9.17) is 0 Å². The van der Waals surface area contributed by atoms with Gasteiger partial charge in [-0.05, 0) is 61.7 Å². The molecule has 2 aromatic rings. The highest BCUT2D eigenvalue weighted by molar-refractivity contribution is 7.89. The quantitative estimate of drug-likeness (QED) is 0.643. The van der Waals surface area contributed by atoms with Gasteiger partial charge in [0.05, 0.1) is 4.90 Å². The largest absolute Gasteiger partial charge is 0.348 e. The van der Waals surface area contributed by atoms with E-state index in [0.29, 0.717) is 25.2 Å². The Balaban J connectivity index is 1.66. The van der Waals surface area contributed by atoms with Crippen LogP contribution in [-0.2, 0) is 23.1 Å². The van der Waals surface area contributed by atoms with Gasteiger partial charge in [-0.15, -0.1) is 0 Å². The first-order valence-corrected chi connectivity index (χ1v) is 12.5. The van der Waals surface area contributed by atoms with Gasteiger partial charge in [0.2, 0.25) is 10.0 Å². The average Bonchev–Trinajstić information content (AvgIpc) is 3.27. The molecule has 1 aliphatic rings. The molecule has 168 valence electrons. The molecule has 1 saturated heterocycles. The Kier molecular flexibility index (Phi) is 7.86. The first kappa shape index (κ1) is 23.4. The maximum atomic E-state index is 12.8. The van der Waals surface area contributed by atoms with E-state index in [1.807, 2.05) is 19.1 Å². The Morgan fingerprint density at radius 3 is 2.23 bits per heavy atom. The van der Waals surface area contributed by atoms with E-state index in [-0.39, 0.29) is 10.8 Å². The molecule has 0 spiro atoms. The molecule has 1 fully saturated rings. The summed E-state index contributed by atoms with van der Waals surface area (Å²) in [5, 5.41) is 2.93. The number of nitrogens with one attached hydrogen (secondary N) is 1. The summed E-state index contributed by atoms with van der Waals surface area (Å²) in [5.41, 5.74) is 3.43. The lowest BCUT2D eigenvalue weighted by Gasteiger charge is -2.19. The Bertz CT molecular complexity index is 993. The van der Waals surface area contributed by atoms with Gasteiger partial charge in [0, 0.05) is 31.7 Å². The molecule has 6 nitrogen and oxygen atoms in total. The SMILES string of the molecule is CCN(CC)S(=O)(=O)c1ccc(C)c(C(=O)NCc2ccc(CN3CCCC3)cc2)c1. The fraction of sp³-hybridized carbons (Fsp3) is 0.458. The molecular weight excluding hydrogens is 410 g/mol. The standard InChI is InChI=1S/C24H33N3O3S/c1-4-27(5-2)31(29,30)22-13-8-19(3)23(16-22)24(28)25-17-20-9-11-21(12-10-20)18-26-14-6-7-15-26/h8-13,16H,4-7,14-15,17-18H2,1-3H3,(H,25,28). The second-order valence-corrected chi connectivity index (χ2v) is 9.99. The van der Waals surface area contributed by atoms with Gasteiger partial charge < -0.3 is 5.32 Å². The Morgan fingerprint density at radius 2 is 1.61 bits per heavy atom. The molecule has 31 heavy (non-hydrogen) atoms. The Morgan fingerprint density at radius 1 is 1.00 bits per heavy atom. The number of benzene rings is 2. The third-order valence-electron chi connectivity index (χ3n) is 5.88. The molecule has 0 unspecified atom stereocenters. The fourth-order valence-corrected chi connectivity index (χ4v) is 5.44. The lowest BCUT2D eigenvalue weighted by atomic mass is 10.1. The van der Waals surface area contributed by atoms with Crippen LogP contribution in [0.15, 0.2) is 47.4 Å². The number of carbonyl (C=O) groups is 1. The maximum Gasteiger partial charge on any atom is 0.251 e. The van der Waals surface area contributed by atoms with Gasteiger partial charge in [0.1, 0.15) is 0 Å². The molecule has 0 aliphatic carbocycles. The van der Waals surface area contributed by atoms with Crippen LogP contribution in [0.25, 0.3) is 0 Å². The van der Waals surface area contributed by atoms with Gasteiger partial charge in [-0.25, -0.2) is 8.42 Å². The predicted molar refractivity (Wildman–Crippen MR) is 123 cm³/mol. The number of nitrogens with zero attached hydrogens (tertiary/aromatic N) is 2. The minimum Gasteiger partial charge on any atom is -0.348 e. The molecule has 0 atom stereocenters. The van der Waals surface area contributed by atoms with Crippen LogP contribution in [0.5, 0.6) is 0 Å². The van der Waals surface area contributed by atoms with E-state index in [9.17, 15) is 13.2 Å². The number of hydrogen-bond acceptors (Lipinski definition) is 4. The van der Waals surface area contributed by atoms with Gasteiger partial charge in [0.25, 0.3) is 5.91 Å². The summed E-state index contributed by atoms with van der Waals surface area (Å²) in [4.78, 5) is 15.4. The van der Waals surface area contributed by atoms with Crippen molar-refractivity contribution in [2.75, 3.05) is 26.2 Å². The van der Waals surface area contributed by atoms with Crippen LogP contribution in [-0.4, -0.2) is 49.7 Å². The lowest BCUT2D eigenvalue weighted by molar-refractivity contribution is 0.0950. The van der Waals surface area contributed by atoms with Crippen molar-refractivity contribution in [3.63, 3.8) is 0 Å². The summed E-state index contributed by atoms with van der Waals surface area (Å²) in [6.07, 6.45) is 2.56. The fourth-order valence-electron chi connectivity index (χ4n) is 3.96. The molecule has 1 N–H and O–H groups in total. The molecule has 0 radical (unpaired) electrons. The van der Waals surface area contributed by atoms with Crippen molar-refractivity contribution >= 4 is 15.9 Å². The van der Waals surface area contributed by atoms with Crippen molar-refractivity contribution in [2.24, 2.45) is 0 Å². The second kappa shape index (κ2) is 10.4. The predicted octanol–water partition coefficient (Wildman–Crippen LogP) is 3.55. The van der Waals surface area contributed by atoms with Crippen LogP contribution in [0, 0.1) is 6.92 Å². The van der Waals surface area contributed by atoms with E-state index in [0.717, 1.165) is 17.7 Å². The van der Waals surface area contributed by atoms with E-state index in [2.05, 4.69) is 22.3 Å². The summed E-state index contributed by atoms with van der Waals surface area (Å²) in [6, 6.07) is 13.1. The number of likely N-dealkylation sites (tertiary alicyclic amines) is 1. The topological polar surface area (TPSA) is 69.7 Å². The molecule has 2 aromatic carbocycles. The van der Waals surface area contributed by atoms with Gasteiger partial charge in [0.15, 0.2) is 0 Å². The summed E-state index contributed by atoms with van der Waals surface area (Å²) in [5.74, 6) is -0.268. The smallest absolute Gasteiger partial charge is 0.251 e. The second-order valence-electron chi connectivity index (χ2n) is 8.05. The lowest BCUT2D eigenvalue weighted by Crippen LogP contribution is -2.31. The Labute approximate surface area is 186 Å². The molecule has 7 heteroatoms. The zero-order valence-corrected chi connectivity index (χ0v) is 19.5. The third-order valence-corrected chi connectivity index (χ3v) is 7.92. The van der Waals surface area contributed by atoms with Crippen molar-refractivity contribution in [3.8, 4) is 0 Å². The van der Waals surface area contributed by atoms with Gasteiger partial charge in [-0.2, -0.15) is 4.31 Å². The van der Waals surface area contributed by atoms with Gasteiger partial charge in [-0.3, -0.25) is 9.69 Å². The van der Waals surface area contributed by atoms with Crippen LogP contribution in [0.3, 0.4) is 0 Å². The number of amides is 1. The molecule has 3 rings (SSSR count). The van der Waals surface area contributed by atoms with Gasteiger partial charge in [-0.1, -0.05) is 44.2 Å². The molecule has 1 aliphatic heterocycles. The normalized spacial score (nSPS) is 14.8. The maximum absolute atomic E-state index is 12.8. The number of aryl methyl sites for hydroxylation is 1. The molecule has 0 bridgehead atoms. The first-order valence-electron chi connectivity index (χ1n) is 11.0. The van der Waals surface area contributed by atoms with Crippen LogP contribution in [0.1, 0.15) is 53.7 Å². The highest BCUT2D eigenvalue weighted by Crippen LogP contribution is 2.20. The van der Waals surface area contributed by atoms with E-state index < -0.39 is 10.0 Å². The van der Waals surface area contributed by atoms with Crippen LogP contribution < -0.4 is 5.32 Å². The minimum absolute atomic E-state index is 0.151. The number of carbonyl (C=O) groups excluding carboxylic acids is 1. The number of hydrogen-bond donors (Lipinski definition) is 1. The zero-order chi connectivity index (χ0) is 22.4.